The van der Waals surface area contributed by atoms with E-state index in [9.17, 15) is 4.79 Å². The summed E-state index contributed by atoms with van der Waals surface area (Å²) in [5.74, 6) is 0.602. The minimum atomic E-state index is -0.308. The smallest absolute Gasteiger partial charge is 0.310 e. The molecule has 0 spiro atoms. The summed E-state index contributed by atoms with van der Waals surface area (Å²) in [6.45, 7) is 2.70. The van der Waals surface area contributed by atoms with Crippen LogP contribution in [-0.4, -0.2) is 32.2 Å². The number of aliphatic imine (C=N–C) groups is 1. The van der Waals surface area contributed by atoms with Gasteiger partial charge in [0.1, 0.15) is 5.75 Å². The van der Waals surface area contributed by atoms with Gasteiger partial charge in [-0.15, -0.1) is 24.0 Å². The van der Waals surface area contributed by atoms with Gasteiger partial charge in [-0.3, -0.25) is 9.79 Å². The average molecular weight is 419 g/mol. The van der Waals surface area contributed by atoms with E-state index in [1.165, 1.54) is 7.11 Å². The van der Waals surface area contributed by atoms with Gasteiger partial charge in [0.15, 0.2) is 5.96 Å². The van der Waals surface area contributed by atoms with Gasteiger partial charge in [-0.05, 0) is 6.07 Å². The number of methoxy groups -OCH3 is 1. The van der Waals surface area contributed by atoms with E-state index >= 15 is 0 Å². The molecule has 1 aliphatic heterocycles. The number of nitrogens with two attached hydrogens (primary N) is 1. The highest BCUT2D eigenvalue weighted by Crippen LogP contribution is 2.31. The third-order valence-electron chi connectivity index (χ3n) is 3.42. The molecule has 1 aliphatic rings. The summed E-state index contributed by atoms with van der Waals surface area (Å²) in [6, 6.07) is 7.94. The molecule has 0 aromatic heterocycles. The van der Waals surface area contributed by atoms with E-state index in [2.05, 4.69) is 15.0 Å². The number of hydrogen-bond acceptors (Lipinski definition) is 4. The molecule has 7 heteroatoms. The highest BCUT2D eigenvalue weighted by Gasteiger charge is 2.21. The van der Waals surface area contributed by atoms with Crippen LogP contribution in [-0.2, 0) is 9.53 Å². The predicted octanol–water partition coefficient (Wildman–Crippen LogP) is 1.84. The van der Waals surface area contributed by atoms with Crippen molar-refractivity contribution < 1.29 is 14.3 Å². The van der Waals surface area contributed by atoms with Crippen LogP contribution in [0.25, 0.3) is 0 Å². The van der Waals surface area contributed by atoms with Crippen LogP contribution in [0.1, 0.15) is 24.9 Å². The zero-order chi connectivity index (χ0) is 15.2. The molecule has 0 aliphatic carbocycles. The van der Waals surface area contributed by atoms with E-state index < -0.39 is 0 Å². The number of ether oxygens (including phenoxy) is 2. The second-order valence-corrected chi connectivity index (χ2v) is 5.02. The molecule has 22 heavy (non-hydrogen) atoms. The van der Waals surface area contributed by atoms with Gasteiger partial charge in [-0.1, -0.05) is 25.1 Å². The van der Waals surface area contributed by atoms with Crippen LogP contribution in [0.4, 0.5) is 0 Å². The maximum atomic E-state index is 11.3. The van der Waals surface area contributed by atoms with Gasteiger partial charge < -0.3 is 20.5 Å². The zero-order valence-electron chi connectivity index (χ0n) is 12.7. The molecule has 0 bridgehead atoms. The molecule has 0 saturated carbocycles. The van der Waals surface area contributed by atoms with Gasteiger partial charge in [0.25, 0.3) is 0 Å². The molecule has 1 aromatic carbocycles. The van der Waals surface area contributed by atoms with Crippen molar-refractivity contribution in [2.45, 2.75) is 19.4 Å². The number of carbonyl (C=O) groups is 1. The lowest BCUT2D eigenvalue weighted by Crippen LogP contribution is -2.37. The van der Waals surface area contributed by atoms with Crippen LogP contribution < -0.4 is 15.8 Å². The average Bonchev–Trinajstić information content (AvgIpc) is 2.52. The van der Waals surface area contributed by atoms with Crippen LogP contribution in [0.3, 0.4) is 0 Å². The second kappa shape index (κ2) is 8.82. The Morgan fingerprint density at radius 1 is 1.55 bits per heavy atom. The monoisotopic (exact) mass is 419 g/mol. The minimum absolute atomic E-state index is 0. The molecule has 0 radical (unpaired) electrons. The van der Waals surface area contributed by atoms with Gasteiger partial charge >= 0.3 is 5.97 Å². The lowest BCUT2D eigenvalue weighted by Gasteiger charge is -2.27. The Bertz CT molecular complexity index is 537. The standard InChI is InChI=1S/C15H21N3O3.HI/c1-10(14(19)20-2)9-17-15(16)18-12-7-8-21-13-6-4-3-5-11(12)13;/h3-6,10,12H,7-9H2,1-2H3,(H3,16,17,18);1H. The fraction of sp³-hybridized carbons (Fsp3) is 0.467. The van der Waals surface area contributed by atoms with Gasteiger partial charge in [-0.25, -0.2) is 0 Å². The van der Waals surface area contributed by atoms with E-state index in [0.29, 0.717) is 19.1 Å². The maximum Gasteiger partial charge on any atom is 0.310 e. The van der Waals surface area contributed by atoms with Crippen molar-refractivity contribution in [2.24, 2.45) is 16.6 Å². The molecule has 122 valence electrons. The van der Waals surface area contributed by atoms with Crippen molar-refractivity contribution in [3.63, 3.8) is 0 Å². The van der Waals surface area contributed by atoms with E-state index in [0.717, 1.165) is 17.7 Å². The number of esters is 1. The van der Waals surface area contributed by atoms with Crippen LogP contribution in [0.5, 0.6) is 5.75 Å². The fourth-order valence-corrected chi connectivity index (χ4v) is 2.23. The normalized spacial score (nSPS) is 18.3. The molecular formula is C15H22IN3O3. The van der Waals surface area contributed by atoms with Crippen LogP contribution in [0.15, 0.2) is 29.3 Å². The summed E-state index contributed by atoms with van der Waals surface area (Å²) in [5, 5.41) is 3.18. The number of rotatable bonds is 4. The minimum Gasteiger partial charge on any atom is -0.493 e. The number of guanidine groups is 1. The number of hydrogen-bond donors (Lipinski definition) is 2. The number of para-hydroxylation sites is 1. The Labute approximate surface area is 147 Å². The lowest BCUT2D eigenvalue weighted by atomic mass is 10.0. The third kappa shape index (κ3) is 4.75. The Morgan fingerprint density at radius 2 is 2.27 bits per heavy atom. The molecule has 1 heterocycles. The van der Waals surface area contributed by atoms with Gasteiger partial charge in [0.2, 0.25) is 0 Å². The summed E-state index contributed by atoms with van der Waals surface area (Å²) >= 11 is 0. The van der Waals surface area contributed by atoms with Crippen molar-refractivity contribution in [1.82, 2.24) is 5.32 Å². The topological polar surface area (TPSA) is 85.9 Å². The first-order valence-electron chi connectivity index (χ1n) is 6.98. The second-order valence-electron chi connectivity index (χ2n) is 5.02. The highest BCUT2D eigenvalue weighted by atomic mass is 127. The summed E-state index contributed by atoms with van der Waals surface area (Å²) in [5.41, 5.74) is 6.97. The summed E-state index contributed by atoms with van der Waals surface area (Å²) < 4.78 is 10.3. The molecule has 0 fully saturated rings. The number of benzene rings is 1. The molecule has 2 unspecified atom stereocenters. The number of carbonyl (C=O) groups excluding carboxylic acids is 1. The first-order valence-corrected chi connectivity index (χ1v) is 6.98. The number of halogens is 1. The van der Waals surface area contributed by atoms with Crippen LogP contribution >= 0.6 is 24.0 Å². The first kappa shape index (κ1) is 18.5. The van der Waals surface area contributed by atoms with Crippen LogP contribution in [0, 0.1) is 5.92 Å². The van der Waals surface area contributed by atoms with E-state index in [4.69, 9.17) is 10.5 Å². The van der Waals surface area contributed by atoms with Gasteiger partial charge in [-0.2, -0.15) is 0 Å². The van der Waals surface area contributed by atoms with Gasteiger partial charge in [0.05, 0.1) is 32.2 Å². The maximum absolute atomic E-state index is 11.3. The Kier molecular flexibility index (Phi) is 7.43. The molecule has 6 nitrogen and oxygen atoms in total. The summed E-state index contributed by atoms with van der Waals surface area (Å²) in [4.78, 5) is 15.5. The Hall–Kier alpha value is -1.51. The largest absolute Gasteiger partial charge is 0.493 e. The molecule has 2 rings (SSSR count). The van der Waals surface area contributed by atoms with Crippen molar-refractivity contribution in [3.8, 4) is 5.75 Å². The Morgan fingerprint density at radius 3 is 3.00 bits per heavy atom. The predicted molar refractivity (Wildman–Crippen MR) is 95.5 cm³/mol. The lowest BCUT2D eigenvalue weighted by molar-refractivity contribution is -0.144. The number of nitrogens with zero attached hydrogens (tertiary/aromatic N) is 1. The summed E-state index contributed by atoms with van der Waals surface area (Å²) in [6.07, 6.45) is 0.819. The highest BCUT2D eigenvalue weighted by molar-refractivity contribution is 14.0. The first-order chi connectivity index (χ1) is 10.1. The SMILES string of the molecule is COC(=O)C(C)CN=C(N)NC1CCOc2ccccc21.I. The molecule has 0 amide bonds. The number of nitrogens with one attached hydrogen (secondary N) is 1. The molecular weight excluding hydrogens is 397 g/mol. The van der Waals surface area contributed by atoms with Crippen LogP contribution in [0.2, 0.25) is 0 Å². The van der Waals surface area contributed by atoms with Crippen molar-refractivity contribution in [1.29, 1.82) is 0 Å². The Balaban J connectivity index is 0.00000242. The van der Waals surface area contributed by atoms with E-state index in [1.807, 2.05) is 24.3 Å². The van der Waals surface area contributed by atoms with Gasteiger partial charge in [0, 0.05) is 12.0 Å². The quantitative estimate of drug-likeness (QED) is 0.337. The van der Waals surface area contributed by atoms with Crippen molar-refractivity contribution >= 4 is 35.9 Å². The number of fused-ring (bicyclic) bond motifs is 1. The van der Waals surface area contributed by atoms with Crippen molar-refractivity contribution in [3.05, 3.63) is 29.8 Å². The molecule has 2 atom stereocenters. The third-order valence-corrected chi connectivity index (χ3v) is 3.42. The molecule has 1 aromatic rings. The van der Waals surface area contributed by atoms with E-state index in [1.54, 1.807) is 6.92 Å². The molecule has 3 N–H and O–H groups in total. The summed E-state index contributed by atoms with van der Waals surface area (Å²) in [7, 11) is 1.36. The zero-order valence-corrected chi connectivity index (χ0v) is 15.1. The molecule has 0 saturated heterocycles. The fourth-order valence-electron chi connectivity index (χ4n) is 2.23. The van der Waals surface area contributed by atoms with E-state index in [-0.39, 0.29) is 41.9 Å². The van der Waals surface area contributed by atoms with Crippen molar-refractivity contribution in [2.75, 3.05) is 20.3 Å².